The van der Waals surface area contributed by atoms with Crippen molar-refractivity contribution < 1.29 is 9.90 Å². The van der Waals surface area contributed by atoms with Gasteiger partial charge >= 0.3 is 0 Å². The predicted octanol–water partition coefficient (Wildman–Crippen LogP) is -0.0625. The molecule has 0 bridgehead atoms. The standard InChI is InChI=1S/C8H11N3O2.ClH/c1-10-8(13)7-3-5(9)2-6(4-12)11-7;/h2-3,12H,4H2,1H3,(H2,9,11)(H,10,13);1H. The summed E-state index contributed by atoms with van der Waals surface area (Å²) in [6.07, 6.45) is 0. The minimum absolute atomic E-state index is 0. The second-order valence-corrected chi connectivity index (χ2v) is 2.51. The monoisotopic (exact) mass is 217 g/mol. The van der Waals surface area contributed by atoms with Gasteiger partial charge in [0, 0.05) is 12.7 Å². The van der Waals surface area contributed by atoms with E-state index in [2.05, 4.69) is 10.3 Å². The maximum absolute atomic E-state index is 11.1. The molecular weight excluding hydrogens is 206 g/mol. The van der Waals surface area contributed by atoms with Crippen LogP contribution in [-0.4, -0.2) is 23.0 Å². The lowest BCUT2D eigenvalue weighted by molar-refractivity contribution is 0.0957. The SMILES string of the molecule is CNC(=O)c1cc(N)cc(CO)n1.Cl. The first kappa shape index (κ1) is 12.7. The van der Waals surface area contributed by atoms with Crippen LogP contribution in [-0.2, 0) is 6.61 Å². The van der Waals surface area contributed by atoms with E-state index in [0.29, 0.717) is 11.4 Å². The first-order valence-corrected chi connectivity index (χ1v) is 3.76. The van der Waals surface area contributed by atoms with Gasteiger partial charge in [0.1, 0.15) is 5.69 Å². The molecule has 1 heterocycles. The summed E-state index contributed by atoms with van der Waals surface area (Å²) in [7, 11) is 1.51. The maximum Gasteiger partial charge on any atom is 0.269 e. The van der Waals surface area contributed by atoms with Crippen molar-refractivity contribution in [2.24, 2.45) is 0 Å². The number of nitrogen functional groups attached to an aromatic ring is 1. The van der Waals surface area contributed by atoms with Gasteiger partial charge in [0.2, 0.25) is 0 Å². The van der Waals surface area contributed by atoms with Gasteiger partial charge < -0.3 is 16.2 Å². The molecule has 0 saturated carbocycles. The number of nitrogens with two attached hydrogens (primary N) is 1. The molecule has 0 radical (unpaired) electrons. The highest BCUT2D eigenvalue weighted by Gasteiger charge is 2.06. The summed E-state index contributed by atoms with van der Waals surface area (Å²) in [6, 6.07) is 2.98. The molecule has 0 aliphatic heterocycles. The van der Waals surface area contributed by atoms with E-state index in [1.165, 1.54) is 19.2 Å². The fourth-order valence-corrected chi connectivity index (χ4v) is 0.937. The van der Waals surface area contributed by atoms with Gasteiger partial charge in [-0.05, 0) is 12.1 Å². The van der Waals surface area contributed by atoms with E-state index < -0.39 is 0 Å². The molecule has 0 spiro atoms. The zero-order valence-electron chi connectivity index (χ0n) is 7.65. The zero-order valence-corrected chi connectivity index (χ0v) is 8.47. The molecule has 0 aliphatic carbocycles. The van der Waals surface area contributed by atoms with Crippen molar-refractivity contribution in [3.63, 3.8) is 0 Å². The van der Waals surface area contributed by atoms with Gasteiger partial charge in [0.15, 0.2) is 0 Å². The molecule has 4 N–H and O–H groups in total. The van der Waals surface area contributed by atoms with Gasteiger partial charge in [0.25, 0.3) is 5.91 Å². The van der Waals surface area contributed by atoms with Crippen LogP contribution in [0.2, 0.25) is 0 Å². The van der Waals surface area contributed by atoms with Crippen molar-refractivity contribution in [1.82, 2.24) is 10.3 Å². The minimum Gasteiger partial charge on any atom is -0.399 e. The molecule has 1 aromatic heterocycles. The van der Waals surface area contributed by atoms with E-state index in [4.69, 9.17) is 10.8 Å². The second kappa shape index (κ2) is 5.41. The largest absolute Gasteiger partial charge is 0.399 e. The van der Waals surface area contributed by atoms with E-state index in [-0.39, 0.29) is 30.6 Å². The molecule has 0 fully saturated rings. The van der Waals surface area contributed by atoms with Crippen LogP contribution in [0.1, 0.15) is 16.2 Å². The molecule has 0 unspecified atom stereocenters. The van der Waals surface area contributed by atoms with E-state index in [0.717, 1.165) is 0 Å². The third-order valence-electron chi connectivity index (χ3n) is 1.52. The number of aliphatic hydroxyl groups excluding tert-OH is 1. The molecular formula is C8H12ClN3O2. The number of hydrogen-bond acceptors (Lipinski definition) is 4. The van der Waals surface area contributed by atoms with Gasteiger partial charge in [-0.3, -0.25) is 4.79 Å². The Morgan fingerprint density at radius 1 is 1.64 bits per heavy atom. The van der Waals surface area contributed by atoms with Crippen LogP contribution in [0.15, 0.2) is 12.1 Å². The normalized spacial score (nSPS) is 9.00. The van der Waals surface area contributed by atoms with Gasteiger partial charge in [-0.1, -0.05) is 0 Å². The first-order chi connectivity index (χ1) is 6.17. The molecule has 6 heteroatoms. The number of hydrogen-bond donors (Lipinski definition) is 3. The summed E-state index contributed by atoms with van der Waals surface area (Å²) in [5.41, 5.74) is 6.51. The fraction of sp³-hybridized carbons (Fsp3) is 0.250. The molecule has 1 aromatic rings. The van der Waals surface area contributed by atoms with Crippen LogP contribution in [0.25, 0.3) is 0 Å². The third-order valence-corrected chi connectivity index (χ3v) is 1.52. The van der Waals surface area contributed by atoms with Gasteiger partial charge in [-0.2, -0.15) is 0 Å². The highest BCUT2D eigenvalue weighted by atomic mass is 35.5. The van der Waals surface area contributed by atoms with Crippen molar-refractivity contribution in [3.05, 3.63) is 23.5 Å². The summed E-state index contributed by atoms with van der Waals surface area (Å²) in [5, 5.41) is 11.2. The van der Waals surface area contributed by atoms with Crippen LogP contribution >= 0.6 is 12.4 Å². The fourth-order valence-electron chi connectivity index (χ4n) is 0.937. The maximum atomic E-state index is 11.1. The van der Waals surface area contributed by atoms with Crippen LogP contribution < -0.4 is 11.1 Å². The molecule has 0 atom stereocenters. The van der Waals surface area contributed by atoms with Crippen LogP contribution in [0.3, 0.4) is 0 Å². The number of anilines is 1. The summed E-state index contributed by atoms with van der Waals surface area (Å²) < 4.78 is 0. The number of halogens is 1. The number of aromatic nitrogens is 1. The van der Waals surface area contributed by atoms with Crippen LogP contribution in [0.5, 0.6) is 0 Å². The molecule has 1 amide bonds. The second-order valence-electron chi connectivity index (χ2n) is 2.51. The van der Waals surface area contributed by atoms with E-state index in [9.17, 15) is 4.79 Å². The van der Waals surface area contributed by atoms with Gasteiger partial charge in [-0.25, -0.2) is 4.98 Å². The highest BCUT2D eigenvalue weighted by Crippen LogP contribution is 2.07. The Morgan fingerprint density at radius 2 is 2.29 bits per heavy atom. The topological polar surface area (TPSA) is 88.2 Å². The van der Waals surface area contributed by atoms with E-state index >= 15 is 0 Å². The Kier molecular flexibility index (Phi) is 4.90. The molecule has 0 aliphatic rings. The van der Waals surface area contributed by atoms with Crippen molar-refractivity contribution in [1.29, 1.82) is 0 Å². The summed E-state index contributed by atoms with van der Waals surface area (Å²) in [6.45, 7) is -0.227. The number of nitrogens with one attached hydrogen (secondary N) is 1. The number of nitrogens with zero attached hydrogens (tertiary/aromatic N) is 1. The Morgan fingerprint density at radius 3 is 2.79 bits per heavy atom. The van der Waals surface area contributed by atoms with Crippen molar-refractivity contribution >= 4 is 24.0 Å². The average Bonchev–Trinajstić information content (AvgIpc) is 2.15. The molecule has 1 rings (SSSR count). The minimum atomic E-state index is -0.318. The number of aliphatic hydroxyl groups is 1. The Labute approximate surface area is 87.7 Å². The number of amides is 1. The van der Waals surface area contributed by atoms with E-state index in [1.54, 1.807) is 0 Å². The molecule has 5 nitrogen and oxygen atoms in total. The zero-order chi connectivity index (χ0) is 9.84. The number of pyridine rings is 1. The molecule has 14 heavy (non-hydrogen) atoms. The van der Waals surface area contributed by atoms with Crippen molar-refractivity contribution in [2.75, 3.05) is 12.8 Å². The first-order valence-electron chi connectivity index (χ1n) is 3.76. The summed E-state index contributed by atoms with van der Waals surface area (Å²) in [5.74, 6) is -0.318. The highest BCUT2D eigenvalue weighted by molar-refractivity contribution is 5.92. The Hall–Kier alpha value is -1.33. The van der Waals surface area contributed by atoms with E-state index in [1.807, 2.05) is 0 Å². The Bertz CT molecular complexity index is 330. The quantitative estimate of drug-likeness (QED) is 0.648. The predicted molar refractivity (Wildman–Crippen MR) is 55.2 cm³/mol. The molecule has 0 aromatic carbocycles. The lowest BCUT2D eigenvalue weighted by Gasteiger charge is -2.02. The number of carbonyl (C=O) groups is 1. The van der Waals surface area contributed by atoms with Crippen LogP contribution in [0, 0.1) is 0 Å². The smallest absolute Gasteiger partial charge is 0.269 e. The molecule has 0 saturated heterocycles. The summed E-state index contributed by atoms with van der Waals surface area (Å²) in [4.78, 5) is 15.0. The number of carbonyl (C=O) groups excluding carboxylic acids is 1. The Balaban J connectivity index is 0.00000169. The molecule has 78 valence electrons. The van der Waals surface area contributed by atoms with Gasteiger partial charge in [0.05, 0.1) is 12.3 Å². The lowest BCUT2D eigenvalue weighted by atomic mass is 10.2. The summed E-state index contributed by atoms with van der Waals surface area (Å²) >= 11 is 0. The van der Waals surface area contributed by atoms with Crippen molar-refractivity contribution in [2.45, 2.75) is 6.61 Å². The van der Waals surface area contributed by atoms with Crippen molar-refractivity contribution in [3.8, 4) is 0 Å². The number of rotatable bonds is 2. The van der Waals surface area contributed by atoms with Crippen LogP contribution in [0.4, 0.5) is 5.69 Å². The third kappa shape index (κ3) is 2.86. The lowest BCUT2D eigenvalue weighted by Crippen LogP contribution is -2.20. The van der Waals surface area contributed by atoms with Gasteiger partial charge in [-0.15, -0.1) is 12.4 Å². The average molecular weight is 218 g/mol.